The lowest BCUT2D eigenvalue weighted by molar-refractivity contribution is 0.900. The van der Waals surface area contributed by atoms with Crippen molar-refractivity contribution in [3.8, 4) is 0 Å². The van der Waals surface area contributed by atoms with E-state index in [9.17, 15) is 0 Å². The lowest BCUT2D eigenvalue weighted by atomic mass is 10.1. The van der Waals surface area contributed by atoms with Crippen LogP contribution in [0.1, 0.15) is 16.5 Å². The summed E-state index contributed by atoms with van der Waals surface area (Å²) in [5, 5.41) is 6.81. The molecule has 2 aromatic heterocycles. The third kappa shape index (κ3) is 1.79. The van der Waals surface area contributed by atoms with Gasteiger partial charge in [-0.25, -0.2) is 0 Å². The summed E-state index contributed by atoms with van der Waals surface area (Å²) in [5.74, 6) is 0. The van der Waals surface area contributed by atoms with Crippen LogP contribution < -0.4 is 5.73 Å². The van der Waals surface area contributed by atoms with Crippen molar-refractivity contribution in [2.45, 2.75) is 6.04 Å². The highest BCUT2D eigenvalue weighted by Crippen LogP contribution is 2.31. The van der Waals surface area contributed by atoms with E-state index < -0.39 is 0 Å². The molecule has 0 aromatic carbocycles. The van der Waals surface area contributed by atoms with Crippen molar-refractivity contribution in [2.24, 2.45) is 5.73 Å². The van der Waals surface area contributed by atoms with Gasteiger partial charge in [-0.3, -0.25) is 0 Å². The van der Waals surface area contributed by atoms with Crippen LogP contribution in [0.2, 0.25) is 5.02 Å². The molecule has 2 aromatic rings. The summed E-state index contributed by atoms with van der Waals surface area (Å²) >= 11 is 9.24. The van der Waals surface area contributed by atoms with Gasteiger partial charge in [0.25, 0.3) is 0 Å². The van der Waals surface area contributed by atoms with E-state index in [1.54, 1.807) is 22.7 Å². The quantitative estimate of drug-likeness (QED) is 0.838. The normalized spacial score (nSPS) is 13.1. The highest BCUT2D eigenvalue weighted by Gasteiger charge is 2.13. The van der Waals surface area contributed by atoms with Gasteiger partial charge in [-0.15, -0.1) is 11.3 Å². The van der Waals surface area contributed by atoms with Crippen LogP contribution in [0.25, 0.3) is 0 Å². The molecule has 2 heterocycles. The molecular weight excluding hydrogens is 222 g/mol. The number of rotatable bonds is 2. The summed E-state index contributed by atoms with van der Waals surface area (Å²) < 4.78 is 0. The van der Waals surface area contributed by atoms with Gasteiger partial charge in [0.15, 0.2) is 0 Å². The Balaban J connectivity index is 2.33. The predicted molar refractivity (Wildman–Crippen MR) is 59.7 cm³/mol. The van der Waals surface area contributed by atoms with Crippen molar-refractivity contribution in [1.29, 1.82) is 0 Å². The molecule has 0 radical (unpaired) electrons. The number of thiophene rings is 2. The van der Waals surface area contributed by atoms with Crippen molar-refractivity contribution < 1.29 is 0 Å². The Labute approximate surface area is 89.8 Å². The van der Waals surface area contributed by atoms with Gasteiger partial charge in [-0.1, -0.05) is 11.6 Å². The molecule has 0 unspecified atom stereocenters. The highest BCUT2D eigenvalue weighted by molar-refractivity contribution is 7.10. The van der Waals surface area contributed by atoms with Crippen molar-refractivity contribution >= 4 is 34.3 Å². The maximum Gasteiger partial charge on any atom is 0.0669 e. The molecule has 0 bridgehead atoms. The average Bonchev–Trinajstić information content (AvgIpc) is 2.72. The SMILES string of the molecule is N[C@H](c1ccsc1)c1sccc1Cl. The van der Waals surface area contributed by atoms with Gasteiger partial charge >= 0.3 is 0 Å². The summed E-state index contributed by atoms with van der Waals surface area (Å²) in [5.41, 5.74) is 7.17. The van der Waals surface area contributed by atoms with Gasteiger partial charge in [0.1, 0.15) is 0 Å². The maximum atomic E-state index is 6.04. The molecule has 0 aliphatic heterocycles. The molecule has 0 spiro atoms. The zero-order valence-corrected chi connectivity index (χ0v) is 9.12. The van der Waals surface area contributed by atoms with E-state index in [1.165, 1.54) is 0 Å². The van der Waals surface area contributed by atoms with E-state index in [1.807, 2.05) is 22.9 Å². The van der Waals surface area contributed by atoms with Crippen LogP contribution in [0, 0.1) is 0 Å². The van der Waals surface area contributed by atoms with Crippen molar-refractivity contribution in [3.05, 3.63) is 43.7 Å². The number of nitrogens with two attached hydrogens (primary N) is 1. The van der Waals surface area contributed by atoms with Crippen LogP contribution in [0.3, 0.4) is 0 Å². The summed E-state index contributed by atoms with van der Waals surface area (Å²) in [6.07, 6.45) is 0. The lowest BCUT2D eigenvalue weighted by Gasteiger charge is -2.07. The fraction of sp³-hybridized carbons (Fsp3) is 0.111. The molecule has 13 heavy (non-hydrogen) atoms. The van der Waals surface area contributed by atoms with E-state index in [4.69, 9.17) is 17.3 Å². The highest BCUT2D eigenvalue weighted by atomic mass is 35.5. The molecule has 68 valence electrons. The summed E-state index contributed by atoms with van der Waals surface area (Å²) in [6, 6.07) is 3.85. The second-order valence-electron chi connectivity index (χ2n) is 2.67. The van der Waals surface area contributed by atoms with Gasteiger partial charge in [0, 0.05) is 4.88 Å². The van der Waals surface area contributed by atoms with Crippen LogP contribution in [0.4, 0.5) is 0 Å². The van der Waals surface area contributed by atoms with Gasteiger partial charge in [-0.05, 0) is 33.8 Å². The molecule has 0 amide bonds. The van der Waals surface area contributed by atoms with Gasteiger partial charge < -0.3 is 5.73 Å². The smallest absolute Gasteiger partial charge is 0.0669 e. The number of hydrogen-bond acceptors (Lipinski definition) is 3. The first kappa shape index (κ1) is 9.21. The third-order valence-electron chi connectivity index (χ3n) is 1.83. The molecule has 0 aliphatic rings. The Morgan fingerprint density at radius 3 is 2.69 bits per heavy atom. The number of hydrogen-bond donors (Lipinski definition) is 1. The van der Waals surface area contributed by atoms with Crippen LogP contribution in [0.15, 0.2) is 28.3 Å². The summed E-state index contributed by atoms with van der Waals surface area (Å²) in [7, 11) is 0. The largest absolute Gasteiger partial charge is 0.320 e. The summed E-state index contributed by atoms with van der Waals surface area (Å²) in [6.45, 7) is 0. The minimum Gasteiger partial charge on any atom is -0.320 e. The van der Waals surface area contributed by atoms with Crippen molar-refractivity contribution in [2.75, 3.05) is 0 Å². The number of halogens is 1. The van der Waals surface area contributed by atoms with E-state index >= 15 is 0 Å². The lowest BCUT2D eigenvalue weighted by Crippen LogP contribution is -2.09. The van der Waals surface area contributed by atoms with Crippen molar-refractivity contribution in [3.63, 3.8) is 0 Å². The molecular formula is C9H8ClNS2. The second kappa shape index (κ2) is 3.80. The Bertz CT molecular complexity index is 380. The van der Waals surface area contributed by atoms with Gasteiger partial charge in [-0.2, -0.15) is 11.3 Å². The fourth-order valence-electron chi connectivity index (χ4n) is 1.13. The third-order valence-corrected chi connectivity index (χ3v) is 3.97. The monoisotopic (exact) mass is 229 g/mol. The van der Waals surface area contributed by atoms with E-state index in [-0.39, 0.29) is 6.04 Å². The predicted octanol–water partition coefficient (Wildman–Crippen LogP) is 3.51. The van der Waals surface area contributed by atoms with Gasteiger partial charge in [0.2, 0.25) is 0 Å². The molecule has 0 fully saturated rings. The van der Waals surface area contributed by atoms with Crippen LogP contribution in [-0.4, -0.2) is 0 Å². The Kier molecular flexibility index (Phi) is 2.69. The fourth-order valence-corrected chi connectivity index (χ4v) is 3.03. The van der Waals surface area contributed by atoms with Crippen LogP contribution >= 0.6 is 34.3 Å². The van der Waals surface area contributed by atoms with Gasteiger partial charge in [0.05, 0.1) is 11.1 Å². The minimum atomic E-state index is -0.0706. The van der Waals surface area contributed by atoms with Crippen LogP contribution in [0.5, 0.6) is 0 Å². The molecule has 0 aliphatic carbocycles. The topological polar surface area (TPSA) is 26.0 Å². The molecule has 2 N–H and O–H groups in total. The van der Waals surface area contributed by atoms with E-state index in [0.29, 0.717) is 0 Å². The molecule has 0 saturated carbocycles. The first-order valence-electron chi connectivity index (χ1n) is 3.79. The van der Waals surface area contributed by atoms with Crippen molar-refractivity contribution in [1.82, 2.24) is 0 Å². The first-order valence-corrected chi connectivity index (χ1v) is 5.99. The van der Waals surface area contributed by atoms with E-state index in [2.05, 4.69) is 5.38 Å². The van der Waals surface area contributed by atoms with Crippen LogP contribution in [-0.2, 0) is 0 Å². The first-order chi connectivity index (χ1) is 6.29. The molecule has 2 rings (SSSR count). The zero-order chi connectivity index (χ0) is 9.26. The Morgan fingerprint density at radius 1 is 1.31 bits per heavy atom. The zero-order valence-electron chi connectivity index (χ0n) is 6.74. The minimum absolute atomic E-state index is 0.0706. The molecule has 1 nitrogen and oxygen atoms in total. The average molecular weight is 230 g/mol. The molecule has 0 saturated heterocycles. The summed E-state index contributed by atoms with van der Waals surface area (Å²) in [4.78, 5) is 1.04. The standard InChI is InChI=1S/C9H8ClNS2/c10-7-2-4-13-9(7)8(11)6-1-3-12-5-6/h1-5,8H,11H2/t8-/m1/s1. The maximum absolute atomic E-state index is 6.04. The Morgan fingerprint density at radius 2 is 2.15 bits per heavy atom. The van der Waals surface area contributed by atoms with E-state index in [0.717, 1.165) is 15.5 Å². The molecule has 4 heteroatoms. The second-order valence-corrected chi connectivity index (χ2v) is 4.80. The molecule has 1 atom stereocenters. The Hall–Kier alpha value is -0.350.